The summed E-state index contributed by atoms with van der Waals surface area (Å²) in [5.74, 6) is 1.76. The highest BCUT2D eigenvalue weighted by Crippen LogP contribution is 2.42. The quantitative estimate of drug-likeness (QED) is 0.427. The number of methoxy groups -OCH3 is 2. The van der Waals surface area contributed by atoms with E-state index in [1.807, 2.05) is 61.5 Å². The minimum Gasteiger partial charge on any atom is -0.493 e. The Morgan fingerprint density at radius 3 is 2.59 bits per heavy atom. The lowest BCUT2D eigenvalue weighted by molar-refractivity contribution is 0.102. The van der Waals surface area contributed by atoms with Crippen LogP contribution in [0.5, 0.6) is 11.5 Å². The number of anilines is 2. The first kappa shape index (κ1) is 23.8. The van der Waals surface area contributed by atoms with Crippen molar-refractivity contribution < 1.29 is 14.3 Å². The molecule has 4 rings (SSSR count). The van der Waals surface area contributed by atoms with Gasteiger partial charge in [0.05, 0.1) is 19.8 Å². The highest BCUT2D eigenvalue weighted by Gasteiger charge is 2.27. The summed E-state index contributed by atoms with van der Waals surface area (Å²) in [6, 6.07) is 13.5. The number of hydrogen-bond acceptors (Lipinski definition) is 6. The fourth-order valence-electron chi connectivity index (χ4n) is 4.24. The van der Waals surface area contributed by atoms with E-state index in [1.165, 1.54) is 4.88 Å². The van der Waals surface area contributed by atoms with E-state index in [-0.39, 0.29) is 5.91 Å². The minimum atomic E-state index is -0.116. The van der Waals surface area contributed by atoms with E-state index in [9.17, 15) is 4.79 Å². The summed E-state index contributed by atoms with van der Waals surface area (Å²) < 4.78 is 10.9. The second-order valence-corrected chi connectivity index (χ2v) is 9.85. The second-order valence-electron chi connectivity index (χ2n) is 8.77. The molecule has 1 amide bonds. The first-order valence-electron chi connectivity index (χ1n) is 11.4. The van der Waals surface area contributed by atoms with E-state index >= 15 is 0 Å². The van der Waals surface area contributed by atoms with Gasteiger partial charge in [-0.3, -0.25) is 4.79 Å². The average molecular weight is 478 g/mol. The predicted molar refractivity (Wildman–Crippen MR) is 141 cm³/mol. The van der Waals surface area contributed by atoms with Gasteiger partial charge >= 0.3 is 0 Å². The predicted octanol–water partition coefficient (Wildman–Crippen LogP) is 5.96. The van der Waals surface area contributed by atoms with Gasteiger partial charge < -0.3 is 19.7 Å². The SMILES string of the molecule is COc1cccc(C=Nc2sc3c(c2C(=O)Nc2ccc(N(C)C)cc2)CC[C@H](C)C3)c1OC. The maximum Gasteiger partial charge on any atom is 0.259 e. The number of fused-ring (bicyclic) bond motifs is 1. The largest absolute Gasteiger partial charge is 0.493 e. The van der Waals surface area contributed by atoms with Crippen LogP contribution in [0.1, 0.15) is 39.7 Å². The van der Waals surface area contributed by atoms with Gasteiger partial charge in [0.25, 0.3) is 5.91 Å². The Morgan fingerprint density at radius 2 is 1.91 bits per heavy atom. The molecule has 0 spiro atoms. The van der Waals surface area contributed by atoms with Crippen molar-refractivity contribution in [3.05, 3.63) is 64.0 Å². The number of ether oxygens (including phenoxy) is 2. The molecule has 1 atom stereocenters. The van der Waals surface area contributed by atoms with Gasteiger partial charge in [-0.2, -0.15) is 0 Å². The number of carbonyl (C=O) groups is 1. The maximum absolute atomic E-state index is 13.5. The van der Waals surface area contributed by atoms with Crippen LogP contribution in [0.25, 0.3) is 0 Å². The van der Waals surface area contributed by atoms with Gasteiger partial charge in [0.2, 0.25) is 0 Å². The van der Waals surface area contributed by atoms with Gasteiger partial charge in [0, 0.05) is 42.1 Å². The Morgan fingerprint density at radius 1 is 1.15 bits per heavy atom. The van der Waals surface area contributed by atoms with Gasteiger partial charge in [0.15, 0.2) is 11.5 Å². The lowest BCUT2D eigenvalue weighted by atomic mass is 9.88. The van der Waals surface area contributed by atoms with Gasteiger partial charge in [-0.05, 0) is 67.1 Å². The van der Waals surface area contributed by atoms with Crippen molar-refractivity contribution in [2.24, 2.45) is 10.9 Å². The summed E-state index contributed by atoms with van der Waals surface area (Å²) in [7, 11) is 7.21. The van der Waals surface area contributed by atoms with E-state index in [0.29, 0.717) is 23.0 Å². The van der Waals surface area contributed by atoms with Crippen LogP contribution in [0, 0.1) is 5.92 Å². The maximum atomic E-state index is 13.5. The van der Waals surface area contributed by atoms with E-state index in [4.69, 9.17) is 14.5 Å². The lowest BCUT2D eigenvalue weighted by Crippen LogP contribution is -2.17. The molecule has 2 aromatic carbocycles. The Bertz CT molecular complexity index is 1200. The van der Waals surface area contributed by atoms with Crippen LogP contribution in [0.15, 0.2) is 47.5 Å². The molecule has 6 nitrogen and oxygen atoms in total. The van der Waals surface area contributed by atoms with Crippen molar-refractivity contribution in [2.75, 3.05) is 38.5 Å². The second kappa shape index (κ2) is 10.3. The number of nitrogens with one attached hydrogen (secondary N) is 1. The molecular formula is C27H31N3O3S. The summed E-state index contributed by atoms with van der Waals surface area (Å²) >= 11 is 1.62. The number of carbonyl (C=O) groups excluding carboxylic acids is 1. The van der Waals surface area contributed by atoms with Crippen molar-refractivity contribution in [2.45, 2.75) is 26.2 Å². The normalized spacial score (nSPS) is 15.1. The Kier molecular flexibility index (Phi) is 7.22. The molecule has 3 aromatic rings. The van der Waals surface area contributed by atoms with Crippen LogP contribution < -0.4 is 19.7 Å². The van der Waals surface area contributed by atoms with Crippen LogP contribution in [0.4, 0.5) is 16.4 Å². The number of nitrogens with zero attached hydrogens (tertiary/aromatic N) is 2. The molecule has 0 saturated carbocycles. The molecule has 0 aliphatic heterocycles. The van der Waals surface area contributed by atoms with Crippen molar-refractivity contribution in [3.8, 4) is 11.5 Å². The number of amides is 1. The summed E-state index contributed by atoms with van der Waals surface area (Å²) in [6.45, 7) is 2.26. The summed E-state index contributed by atoms with van der Waals surface area (Å²) in [6.07, 6.45) is 4.71. The smallest absolute Gasteiger partial charge is 0.259 e. The Hall–Kier alpha value is -3.32. The fourth-order valence-corrected chi connectivity index (χ4v) is 5.59. The number of para-hydroxylation sites is 1. The van der Waals surface area contributed by atoms with E-state index in [1.54, 1.807) is 31.8 Å². The zero-order valence-corrected chi connectivity index (χ0v) is 21.2. The van der Waals surface area contributed by atoms with Crippen molar-refractivity contribution in [1.82, 2.24) is 0 Å². The van der Waals surface area contributed by atoms with Crippen molar-refractivity contribution >= 4 is 39.8 Å². The third-order valence-corrected chi connectivity index (χ3v) is 7.28. The topological polar surface area (TPSA) is 63.2 Å². The molecule has 0 unspecified atom stereocenters. The molecule has 1 aliphatic rings. The molecule has 0 bridgehead atoms. The molecule has 7 heteroatoms. The number of rotatable bonds is 7. The Balaban J connectivity index is 1.68. The first-order chi connectivity index (χ1) is 16.4. The van der Waals surface area contributed by atoms with Gasteiger partial charge in [-0.1, -0.05) is 13.0 Å². The zero-order chi connectivity index (χ0) is 24.2. The van der Waals surface area contributed by atoms with Crippen molar-refractivity contribution in [3.63, 3.8) is 0 Å². The Labute approximate surface area is 205 Å². The van der Waals surface area contributed by atoms with Crippen LogP contribution in [0.3, 0.4) is 0 Å². The summed E-state index contributed by atoms with van der Waals surface area (Å²) in [4.78, 5) is 21.5. The zero-order valence-electron chi connectivity index (χ0n) is 20.3. The van der Waals surface area contributed by atoms with Gasteiger partial charge in [-0.25, -0.2) is 4.99 Å². The monoisotopic (exact) mass is 477 g/mol. The average Bonchev–Trinajstić information content (AvgIpc) is 3.20. The van der Waals surface area contributed by atoms with E-state index in [2.05, 4.69) is 12.2 Å². The molecule has 1 aromatic heterocycles. The lowest BCUT2D eigenvalue weighted by Gasteiger charge is -2.18. The fraction of sp³-hybridized carbons (Fsp3) is 0.333. The molecule has 1 heterocycles. The third kappa shape index (κ3) is 4.94. The van der Waals surface area contributed by atoms with Crippen LogP contribution >= 0.6 is 11.3 Å². The highest BCUT2D eigenvalue weighted by atomic mass is 32.1. The molecular weight excluding hydrogens is 446 g/mol. The van der Waals surface area contributed by atoms with E-state index < -0.39 is 0 Å². The molecule has 1 aliphatic carbocycles. The van der Waals surface area contributed by atoms with Crippen molar-refractivity contribution in [1.29, 1.82) is 0 Å². The first-order valence-corrected chi connectivity index (χ1v) is 12.2. The standard InChI is InChI=1S/C27H31N3O3S/c1-17-9-14-21-23(15-17)34-27(28-16-18-7-6-8-22(32-4)25(18)33-5)24(21)26(31)29-19-10-12-20(13-11-19)30(2)3/h6-8,10-13,16-17H,9,14-15H2,1-5H3,(H,29,31)/t17-/m0/s1. The molecule has 1 N–H and O–H groups in total. The molecule has 0 fully saturated rings. The minimum absolute atomic E-state index is 0.116. The van der Waals surface area contributed by atoms with Gasteiger partial charge in [-0.15, -0.1) is 11.3 Å². The number of thiophene rings is 1. The van der Waals surface area contributed by atoms with Crippen LogP contribution in [-0.4, -0.2) is 40.4 Å². The van der Waals surface area contributed by atoms with Crippen LogP contribution in [-0.2, 0) is 12.8 Å². The summed E-state index contributed by atoms with van der Waals surface area (Å²) in [5.41, 5.74) is 4.46. The third-order valence-electron chi connectivity index (χ3n) is 6.12. The van der Waals surface area contributed by atoms with Gasteiger partial charge in [0.1, 0.15) is 5.00 Å². The summed E-state index contributed by atoms with van der Waals surface area (Å²) in [5, 5.41) is 3.81. The molecule has 34 heavy (non-hydrogen) atoms. The van der Waals surface area contributed by atoms with Crippen LogP contribution in [0.2, 0.25) is 0 Å². The molecule has 0 saturated heterocycles. The number of hydrogen-bond donors (Lipinski definition) is 1. The molecule has 178 valence electrons. The molecule has 0 radical (unpaired) electrons. The number of benzene rings is 2. The van der Waals surface area contributed by atoms with E-state index in [0.717, 1.165) is 46.8 Å². The number of aliphatic imine (C=N–C) groups is 1. The highest BCUT2D eigenvalue weighted by molar-refractivity contribution is 7.16.